The molecule has 0 aliphatic heterocycles. The van der Waals surface area contributed by atoms with Crippen LogP contribution in [0.4, 0.5) is 0 Å². The number of carbonyl (C=O) groups excluding carboxylic acids is 1. The van der Waals surface area contributed by atoms with Gasteiger partial charge in [0.2, 0.25) is 0 Å². The molecule has 0 fully saturated rings. The van der Waals surface area contributed by atoms with Crippen molar-refractivity contribution in [2.45, 2.75) is 25.2 Å². The molecular formula is C19H21Cl2NO2S. The third-order valence-corrected chi connectivity index (χ3v) is 5.11. The van der Waals surface area contributed by atoms with E-state index in [2.05, 4.69) is 5.32 Å². The third kappa shape index (κ3) is 6.46. The minimum Gasteiger partial charge on any atom is -0.478 e. The lowest BCUT2D eigenvalue weighted by Gasteiger charge is -2.25. The summed E-state index contributed by atoms with van der Waals surface area (Å²) in [6.45, 7) is 4.06. The van der Waals surface area contributed by atoms with Gasteiger partial charge in [0.1, 0.15) is 5.75 Å². The van der Waals surface area contributed by atoms with Crippen molar-refractivity contribution < 1.29 is 9.53 Å². The summed E-state index contributed by atoms with van der Waals surface area (Å²) in [5, 5.41) is 4.32. The van der Waals surface area contributed by atoms with E-state index >= 15 is 0 Å². The van der Waals surface area contributed by atoms with E-state index in [4.69, 9.17) is 27.9 Å². The number of ether oxygens (including phenoxy) is 1. The van der Waals surface area contributed by atoms with E-state index in [0.29, 0.717) is 17.3 Å². The van der Waals surface area contributed by atoms with Gasteiger partial charge < -0.3 is 10.1 Å². The predicted octanol–water partition coefficient (Wildman–Crippen LogP) is 5.20. The summed E-state index contributed by atoms with van der Waals surface area (Å²) < 4.78 is 5.77. The van der Waals surface area contributed by atoms with Gasteiger partial charge in [-0.25, -0.2) is 0 Å². The van der Waals surface area contributed by atoms with Crippen molar-refractivity contribution in [3.63, 3.8) is 0 Å². The first-order valence-electron chi connectivity index (χ1n) is 7.92. The van der Waals surface area contributed by atoms with Crippen molar-refractivity contribution in [3.8, 4) is 5.75 Å². The SMILES string of the molecule is CC(C)(Oc1ccc(Cl)cc1)C(=O)NCCSCc1ccccc1Cl. The lowest BCUT2D eigenvalue weighted by molar-refractivity contribution is -0.134. The first kappa shape index (κ1) is 20.0. The quantitative estimate of drug-likeness (QED) is 0.621. The number of thioether (sulfide) groups is 1. The maximum atomic E-state index is 12.3. The number of hydrogen-bond acceptors (Lipinski definition) is 3. The second-order valence-electron chi connectivity index (χ2n) is 5.97. The number of carbonyl (C=O) groups is 1. The molecule has 0 unspecified atom stereocenters. The van der Waals surface area contributed by atoms with Crippen LogP contribution in [0.5, 0.6) is 5.75 Å². The number of amides is 1. The Bertz CT molecular complexity index is 705. The second-order valence-corrected chi connectivity index (χ2v) is 7.91. The van der Waals surface area contributed by atoms with Crippen LogP contribution in [0.1, 0.15) is 19.4 Å². The zero-order chi connectivity index (χ0) is 18.3. The fourth-order valence-electron chi connectivity index (χ4n) is 2.09. The predicted molar refractivity (Wildman–Crippen MR) is 107 cm³/mol. The fraction of sp³-hybridized carbons (Fsp3) is 0.316. The Morgan fingerprint density at radius 3 is 2.48 bits per heavy atom. The molecule has 0 aromatic heterocycles. The van der Waals surface area contributed by atoms with Gasteiger partial charge in [-0.2, -0.15) is 11.8 Å². The highest BCUT2D eigenvalue weighted by Gasteiger charge is 2.29. The van der Waals surface area contributed by atoms with E-state index < -0.39 is 5.60 Å². The lowest BCUT2D eigenvalue weighted by atomic mass is 10.1. The van der Waals surface area contributed by atoms with E-state index in [-0.39, 0.29) is 5.91 Å². The molecule has 134 valence electrons. The Hall–Kier alpha value is -1.36. The van der Waals surface area contributed by atoms with Crippen LogP contribution < -0.4 is 10.1 Å². The summed E-state index contributed by atoms with van der Waals surface area (Å²) in [5.74, 6) is 2.08. The average molecular weight is 398 g/mol. The summed E-state index contributed by atoms with van der Waals surface area (Å²) in [4.78, 5) is 12.3. The van der Waals surface area contributed by atoms with Crippen molar-refractivity contribution in [1.29, 1.82) is 0 Å². The molecule has 25 heavy (non-hydrogen) atoms. The summed E-state index contributed by atoms with van der Waals surface area (Å²) in [5.41, 5.74) is 0.146. The van der Waals surface area contributed by atoms with E-state index in [9.17, 15) is 4.79 Å². The van der Waals surface area contributed by atoms with E-state index in [1.165, 1.54) is 0 Å². The van der Waals surface area contributed by atoms with Crippen LogP contribution in [0.3, 0.4) is 0 Å². The van der Waals surface area contributed by atoms with E-state index in [1.54, 1.807) is 49.9 Å². The molecule has 0 bridgehead atoms. The molecule has 0 aliphatic rings. The molecule has 0 saturated heterocycles. The van der Waals surface area contributed by atoms with Crippen molar-refractivity contribution in [2.24, 2.45) is 0 Å². The van der Waals surface area contributed by atoms with Gasteiger partial charge in [-0.1, -0.05) is 41.4 Å². The molecule has 6 heteroatoms. The second kappa shape index (κ2) is 9.37. The van der Waals surface area contributed by atoms with Crippen molar-refractivity contribution >= 4 is 40.9 Å². The van der Waals surface area contributed by atoms with Crippen molar-refractivity contribution in [2.75, 3.05) is 12.3 Å². The highest BCUT2D eigenvalue weighted by molar-refractivity contribution is 7.98. The van der Waals surface area contributed by atoms with Gasteiger partial charge in [-0.15, -0.1) is 0 Å². The van der Waals surface area contributed by atoms with Crippen LogP contribution in [0.2, 0.25) is 10.0 Å². The number of nitrogens with one attached hydrogen (secondary N) is 1. The third-order valence-electron chi connectivity index (χ3n) is 3.48. The fourth-order valence-corrected chi connectivity index (χ4v) is 3.36. The molecule has 0 atom stereocenters. The van der Waals surface area contributed by atoms with Crippen LogP contribution in [0.15, 0.2) is 48.5 Å². The minimum absolute atomic E-state index is 0.152. The summed E-state index contributed by atoms with van der Waals surface area (Å²) in [6, 6.07) is 14.7. The molecule has 0 saturated carbocycles. The Balaban J connectivity index is 1.73. The molecule has 2 aromatic carbocycles. The van der Waals surface area contributed by atoms with Crippen molar-refractivity contribution in [1.82, 2.24) is 5.32 Å². The molecule has 0 heterocycles. The molecular weight excluding hydrogens is 377 g/mol. The molecule has 2 aromatic rings. The van der Waals surface area contributed by atoms with Crippen molar-refractivity contribution in [3.05, 3.63) is 64.1 Å². The monoisotopic (exact) mass is 397 g/mol. The van der Waals surface area contributed by atoms with E-state index in [1.807, 2.05) is 24.3 Å². The van der Waals surface area contributed by atoms with Crippen LogP contribution in [-0.2, 0) is 10.5 Å². The van der Waals surface area contributed by atoms with Gasteiger partial charge in [0, 0.05) is 28.1 Å². The van der Waals surface area contributed by atoms with Gasteiger partial charge in [-0.3, -0.25) is 4.79 Å². The standard InChI is InChI=1S/C19H21Cl2NO2S/c1-19(2,24-16-9-7-15(20)8-10-16)18(23)22-11-12-25-13-14-5-3-4-6-17(14)21/h3-10H,11-13H2,1-2H3,(H,22,23). The number of halogens is 2. The zero-order valence-corrected chi connectivity index (χ0v) is 16.5. The molecule has 0 spiro atoms. The number of benzene rings is 2. The molecule has 1 N–H and O–H groups in total. The van der Waals surface area contributed by atoms with Crippen LogP contribution in [-0.4, -0.2) is 23.8 Å². The van der Waals surface area contributed by atoms with Crippen LogP contribution >= 0.6 is 35.0 Å². The largest absolute Gasteiger partial charge is 0.478 e. The number of hydrogen-bond donors (Lipinski definition) is 1. The summed E-state index contributed by atoms with van der Waals surface area (Å²) >= 11 is 13.7. The number of rotatable bonds is 8. The highest BCUT2D eigenvalue weighted by Crippen LogP contribution is 2.22. The summed E-state index contributed by atoms with van der Waals surface area (Å²) in [6.07, 6.45) is 0. The Morgan fingerprint density at radius 2 is 1.80 bits per heavy atom. The van der Waals surface area contributed by atoms with Gasteiger partial charge >= 0.3 is 0 Å². The van der Waals surface area contributed by atoms with Crippen LogP contribution in [0, 0.1) is 0 Å². The first-order valence-corrected chi connectivity index (χ1v) is 9.83. The Morgan fingerprint density at radius 1 is 1.12 bits per heavy atom. The van der Waals surface area contributed by atoms with Crippen LogP contribution in [0.25, 0.3) is 0 Å². The normalized spacial score (nSPS) is 11.2. The lowest BCUT2D eigenvalue weighted by Crippen LogP contribution is -2.47. The maximum Gasteiger partial charge on any atom is 0.263 e. The van der Waals surface area contributed by atoms with Gasteiger partial charge in [0.15, 0.2) is 5.60 Å². The average Bonchev–Trinajstić information content (AvgIpc) is 2.58. The first-order chi connectivity index (χ1) is 11.9. The molecule has 2 rings (SSSR count). The topological polar surface area (TPSA) is 38.3 Å². The highest BCUT2D eigenvalue weighted by atomic mass is 35.5. The minimum atomic E-state index is -0.957. The van der Waals surface area contributed by atoms with Gasteiger partial charge in [0.25, 0.3) is 5.91 Å². The smallest absolute Gasteiger partial charge is 0.263 e. The Labute approximate surface area is 163 Å². The molecule has 0 radical (unpaired) electrons. The molecule has 1 amide bonds. The van der Waals surface area contributed by atoms with Gasteiger partial charge in [0.05, 0.1) is 0 Å². The van der Waals surface area contributed by atoms with E-state index in [0.717, 1.165) is 22.1 Å². The molecule has 3 nitrogen and oxygen atoms in total. The zero-order valence-electron chi connectivity index (χ0n) is 14.2. The van der Waals surface area contributed by atoms with Gasteiger partial charge in [-0.05, 0) is 49.7 Å². The maximum absolute atomic E-state index is 12.3. The summed E-state index contributed by atoms with van der Waals surface area (Å²) in [7, 11) is 0. The Kier molecular flexibility index (Phi) is 7.48. The molecule has 0 aliphatic carbocycles.